The molecule has 1 fully saturated rings. The summed E-state index contributed by atoms with van der Waals surface area (Å²) >= 11 is 1.35. The van der Waals surface area contributed by atoms with E-state index in [1.165, 1.54) is 15.6 Å². The highest BCUT2D eigenvalue weighted by Gasteiger charge is 2.24. The molecule has 1 saturated heterocycles. The van der Waals surface area contributed by atoms with Crippen molar-refractivity contribution in [1.82, 2.24) is 14.9 Å². The fraction of sp³-hybridized carbons (Fsp3) is 0.152. The van der Waals surface area contributed by atoms with Gasteiger partial charge in [0.1, 0.15) is 5.65 Å². The van der Waals surface area contributed by atoms with E-state index in [1.807, 2.05) is 65.7 Å². The van der Waals surface area contributed by atoms with E-state index in [0.717, 1.165) is 38.5 Å². The highest BCUT2D eigenvalue weighted by atomic mass is 32.2. The van der Waals surface area contributed by atoms with Crippen LogP contribution in [0.25, 0.3) is 44.2 Å². The van der Waals surface area contributed by atoms with Gasteiger partial charge in [0.25, 0.3) is 15.9 Å². The van der Waals surface area contributed by atoms with Crippen molar-refractivity contribution in [3.63, 3.8) is 0 Å². The van der Waals surface area contributed by atoms with Gasteiger partial charge in [0.05, 0.1) is 23.8 Å². The Balaban J connectivity index is 1.41. The van der Waals surface area contributed by atoms with E-state index < -0.39 is 10.0 Å². The van der Waals surface area contributed by atoms with Gasteiger partial charge in [-0.25, -0.2) is 13.4 Å². The minimum absolute atomic E-state index is 0.0212. The third kappa shape index (κ3) is 4.87. The minimum Gasteiger partial charge on any atom is -0.378 e. The van der Waals surface area contributed by atoms with Crippen LogP contribution < -0.4 is 4.31 Å². The van der Waals surface area contributed by atoms with Crippen molar-refractivity contribution in [2.45, 2.75) is 4.90 Å². The second kappa shape index (κ2) is 11.0. The van der Waals surface area contributed by atoms with Crippen LogP contribution >= 0.6 is 11.3 Å². The summed E-state index contributed by atoms with van der Waals surface area (Å²) in [5.41, 5.74) is 6.38. The Bertz CT molecular complexity index is 2070. The number of rotatable bonds is 6. The van der Waals surface area contributed by atoms with Crippen LogP contribution in [0.2, 0.25) is 0 Å². The molecule has 216 valence electrons. The van der Waals surface area contributed by atoms with Gasteiger partial charge in [0, 0.05) is 64.7 Å². The molecule has 1 N–H and O–H groups in total. The summed E-state index contributed by atoms with van der Waals surface area (Å²) in [6.07, 6.45) is 1.84. The van der Waals surface area contributed by atoms with Crippen LogP contribution in [0.5, 0.6) is 0 Å². The summed E-state index contributed by atoms with van der Waals surface area (Å²) in [7, 11) is -2.14. The Hall–Kier alpha value is -4.51. The number of benzene rings is 3. The monoisotopic (exact) mass is 608 g/mol. The van der Waals surface area contributed by atoms with Crippen LogP contribution in [0.4, 0.5) is 5.69 Å². The summed E-state index contributed by atoms with van der Waals surface area (Å²) < 4.78 is 33.4. The first-order chi connectivity index (χ1) is 20.9. The summed E-state index contributed by atoms with van der Waals surface area (Å²) in [5.74, 6) is -0.0212. The molecule has 0 spiro atoms. The van der Waals surface area contributed by atoms with Gasteiger partial charge in [-0.3, -0.25) is 9.10 Å². The van der Waals surface area contributed by atoms with E-state index in [-0.39, 0.29) is 10.8 Å². The maximum atomic E-state index is 13.3. The molecule has 6 aromatic rings. The third-order valence-electron chi connectivity index (χ3n) is 7.90. The zero-order chi connectivity index (χ0) is 29.6. The van der Waals surface area contributed by atoms with Crippen molar-refractivity contribution in [2.24, 2.45) is 0 Å². The number of morpholine rings is 1. The minimum atomic E-state index is -3.72. The lowest BCUT2D eigenvalue weighted by atomic mass is 9.92. The van der Waals surface area contributed by atoms with E-state index in [1.54, 1.807) is 29.9 Å². The number of nitrogens with one attached hydrogen (secondary N) is 1. The highest BCUT2D eigenvalue weighted by Crippen LogP contribution is 2.41. The summed E-state index contributed by atoms with van der Waals surface area (Å²) in [5, 5.41) is 5.13. The van der Waals surface area contributed by atoms with Crippen LogP contribution in [0, 0.1) is 0 Å². The molecule has 0 aliphatic carbocycles. The molecule has 0 saturated carbocycles. The third-order valence-corrected chi connectivity index (χ3v) is 10.5. The van der Waals surface area contributed by atoms with Crippen molar-refractivity contribution in [3.8, 4) is 22.3 Å². The number of nitrogens with zero attached hydrogens (tertiary/aromatic N) is 3. The summed E-state index contributed by atoms with van der Waals surface area (Å²) in [6, 6.07) is 24.9. The van der Waals surface area contributed by atoms with Gasteiger partial charge < -0.3 is 14.6 Å². The predicted octanol–water partition coefficient (Wildman–Crippen LogP) is 6.41. The zero-order valence-corrected chi connectivity index (χ0v) is 25.0. The molecule has 0 radical (unpaired) electrons. The first-order valence-electron chi connectivity index (χ1n) is 13.9. The molecule has 4 heterocycles. The number of thiophene rings is 1. The molecular formula is C33H28N4O4S2. The van der Waals surface area contributed by atoms with Crippen molar-refractivity contribution < 1.29 is 17.9 Å². The number of sulfonamides is 1. The average Bonchev–Trinajstić information content (AvgIpc) is 3.73. The van der Waals surface area contributed by atoms with E-state index in [0.29, 0.717) is 43.2 Å². The number of carbonyl (C=O) groups excluding carboxylic acids is 1. The van der Waals surface area contributed by atoms with Gasteiger partial charge in [-0.15, -0.1) is 0 Å². The number of aromatic amines is 1. The molecule has 3 aromatic heterocycles. The number of carbonyl (C=O) groups is 1. The lowest BCUT2D eigenvalue weighted by molar-refractivity contribution is 0.0303. The van der Waals surface area contributed by atoms with Gasteiger partial charge in [-0.2, -0.15) is 11.3 Å². The standard InChI is InChI=1S/C33H28N4O4S2/c1-36(43(39,40)26-12-17-42-21-26)25-10-11-29-27(19-25)31-30(22-6-3-2-4-7-22)28(20-34-32(31)35-29)23-8-5-9-24(18-23)33(38)37-13-15-41-16-14-37/h2-12,17-21H,13-16H2,1H3,(H,34,35). The molecule has 1 aliphatic rings. The molecule has 0 unspecified atom stereocenters. The number of hydrogen-bond donors (Lipinski definition) is 1. The molecule has 10 heteroatoms. The van der Waals surface area contributed by atoms with E-state index in [9.17, 15) is 13.2 Å². The molecule has 1 aliphatic heterocycles. The van der Waals surface area contributed by atoms with Gasteiger partial charge in [-0.05, 0) is 52.9 Å². The fourth-order valence-corrected chi connectivity index (χ4v) is 7.83. The number of ether oxygens (including phenoxy) is 1. The normalized spacial score (nSPS) is 13.9. The molecular weight excluding hydrogens is 581 g/mol. The number of hydrogen-bond acceptors (Lipinski definition) is 6. The van der Waals surface area contributed by atoms with E-state index >= 15 is 0 Å². The Labute approximate surface area is 253 Å². The maximum Gasteiger partial charge on any atom is 0.264 e. The van der Waals surface area contributed by atoms with E-state index in [4.69, 9.17) is 9.72 Å². The lowest BCUT2D eigenvalue weighted by Gasteiger charge is -2.27. The number of pyridine rings is 1. The number of fused-ring (bicyclic) bond motifs is 3. The van der Waals surface area contributed by atoms with Crippen molar-refractivity contribution >= 4 is 54.9 Å². The highest BCUT2D eigenvalue weighted by molar-refractivity contribution is 7.93. The first kappa shape index (κ1) is 27.3. The number of aromatic nitrogens is 2. The van der Waals surface area contributed by atoms with Gasteiger partial charge in [0.2, 0.25) is 0 Å². The Morgan fingerprint density at radius 1 is 0.977 bits per heavy atom. The van der Waals surface area contributed by atoms with E-state index in [2.05, 4.69) is 17.1 Å². The van der Waals surface area contributed by atoms with Crippen molar-refractivity contribution in [2.75, 3.05) is 37.7 Å². The largest absolute Gasteiger partial charge is 0.378 e. The SMILES string of the molecule is CN(c1ccc2[nH]c3ncc(-c4cccc(C(=O)N5CCOCC5)c4)c(-c4ccccc4)c3c2c1)S(=O)(=O)c1ccsc1. The molecule has 3 aromatic carbocycles. The number of anilines is 1. The second-order valence-electron chi connectivity index (χ2n) is 10.4. The molecule has 1 amide bonds. The van der Waals surface area contributed by atoms with Crippen molar-refractivity contribution in [3.05, 3.63) is 101 Å². The molecule has 0 atom stereocenters. The Morgan fingerprint density at radius 2 is 1.77 bits per heavy atom. The molecule has 7 rings (SSSR count). The van der Waals surface area contributed by atoms with Crippen LogP contribution in [0.15, 0.2) is 101 Å². The maximum absolute atomic E-state index is 13.3. The summed E-state index contributed by atoms with van der Waals surface area (Å²) in [4.78, 5) is 23.7. The molecule has 43 heavy (non-hydrogen) atoms. The lowest BCUT2D eigenvalue weighted by Crippen LogP contribution is -2.40. The summed E-state index contributed by atoms with van der Waals surface area (Å²) in [6.45, 7) is 2.22. The van der Waals surface area contributed by atoms with Crippen LogP contribution in [0.1, 0.15) is 10.4 Å². The van der Waals surface area contributed by atoms with Gasteiger partial charge in [0.15, 0.2) is 0 Å². The topological polar surface area (TPSA) is 95.6 Å². The number of H-pyrrole nitrogens is 1. The Morgan fingerprint density at radius 3 is 2.53 bits per heavy atom. The molecule has 8 nitrogen and oxygen atoms in total. The van der Waals surface area contributed by atoms with Gasteiger partial charge >= 0.3 is 0 Å². The zero-order valence-electron chi connectivity index (χ0n) is 23.4. The predicted molar refractivity (Wildman–Crippen MR) is 171 cm³/mol. The Kier molecular flexibility index (Phi) is 6.97. The van der Waals surface area contributed by atoms with Crippen LogP contribution in [-0.2, 0) is 14.8 Å². The number of amides is 1. The van der Waals surface area contributed by atoms with Gasteiger partial charge in [-0.1, -0.05) is 42.5 Å². The van der Waals surface area contributed by atoms with Crippen molar-refractivity contribution in [1.29, 1.82) is 0 Å². The van der Waals surface area contributed by atoms with Crippen LogP contribution in [0.3, 0.4) is 0 Å². The fourth-order valence-electron chi connectivity index (χ4n) is 5.63. The first-order valence-corrected chi connectivity index (χ1v) is 16.3. The smallest absolute Gasteiger partial charge is 0.264 e. The second-order valence-corrected chi connectivity index (χ2v) is 13.2. The quantitative estimate of drug-likeness (QED) is 0.236. The average molecular weight is 609 g/mol. The molecule has 0 bridgehead atoms. The van der Waals surface area contributed by atoms with Crippen LogP contribution in [-0.4, -0.2) is 62.5 Å².